The molecule has 2 bridgehead atoms. The van der Waals surface area contributed by atoms with Crippen molar-refractivity contribution in [3.05, 3.63) is 48.0 Å². The van der Waals surface area contributed by atoms with Crippen molar-refractivity contribution in [3.8, 4) is 0 Å². The molecule has 146 valence electrons. The van der Waals surface area contributed by atoms with Gasteiger partial charge in [-0.1, -0.05) is 42.5 Å². The monoisotopic (exact) mass is 401 g/mol. The lowest BCUT2D eigenvalue weighted by Crippen LogP contribution is -2.37. The van der Waals surface area contributed by atoms with Gasteiger partial charge in [0.25, 0.3) is 0 Å². The van der Waals surface area contributed by atoms with Crippen LogP contribution in [0.5, 0.6) is 0 Å². The second-order valence-electron chi connectivity index (χ2n) is 6.83. The van der Waals surface area contributed by atoms with Gasteiger partial charge in [-0.15, -0.1) is 11.8 Å². The van der Waals surface area contributed by atoms with Gasteiger partial charge >= 0.3 is 5.97 Å². The van der Waals surface area contributed by atoms with E-state index in [1.54, 1.807) is 24.3 Å². The third-order valence-corrected chi connectivity index (χ3v) is 6.03. The van der Waals surface area contributed by atoms with Crippen molar-refractivity contribution >= 4 is 35.3 Å². The number of fused-ring (bicyclic) bond motifs is 5. The Morgan fingerprint density at radius 1 is 1.00 bits per heavy atom. The topological polar surface area (TPSA) is 90.0 Å². The summed E-state index contributed by atoms with van der Waals surface area (Å²) in [7, 11) is 0. The minimum absolute atomic E-state index is 0.0353. The average Bonchev–Trinajstić information content (AvgIpc) is 3.38. The van der Waals surface area contributed by atoms with Crippen LogP contribution in [-0.2, 0) is 23.9 Å². The molecule has 1 aromatic rings. The molecule has 3 heterocycles. The molecule has 4 atom stereocenters. The number of thioether (sulfide) groups is 1. The highest BCUT2D eigenvalue weighted by atomic mass is 32.2. The summed E-state index contributed by atoms with van der Waals surface area (Å²) in [6, 6.07) is 8.86. The molecule has 0 aromatic heterocycles. The lowest BCUT2D eigenvalue weighted by Gasteiger charge is -2.17. The molecule has 2 fully saturated rings. The Morgan fingerprint density at radius 2 is 1.64 bits per heavy atom. The first-order valence-electron chi connectivity index (χ1n) is 9.07. The summed E-state index contributed by atoms with van der Waals surface area (Å²) in [5.74, 6) is -1.72. The van der Waals surface area contributed by atoms with Crippen molar-refractivity contribution in [2.45, 2.75) is 12.2 Å². The second kappa shape index (κ2) is 7.89. The van der Waals surface area contributed by atoms with Crippen LogP contribution in [0.25, 0.3) is 0 Å². The molecule has 7 nitrogen and oxygen atoms in total. The molecule has 28 heavy (non-hydrogen) atoms. The molecule has 4 unspecified atom stereocenters. The van der Waals surface area contributed by atoms with Crippen molar-refractivity contribution in [3.63, 3.8) is 0 Å². The van der Waals surface area contributed by atoms with Gasteiger partial charge in [0.1, 0.15) is 6.61 Å². The molecular weight excluding hydrogens is 382 g/mol. The molecule has 4 rings (SSSR count). The van der Waals surface area contributed by atoms with E-state index in [0.717, 1.165) is 0 Å². The molecule has 0 saturated carbocycles. The van der Waals surface area contributed by atoms with E-state index < -0.39 is 17.8 Å². The molecule has 2 amide bonds. The number of carbonyl (C=O) groups is 4. The van der Waals surface area contributed by atoms with Crippen LogP contribution in [0, 0.1) is 11.8 Å². The van der Waals surface area contributed by atoms with E-state index in [-0.39, 0.29) is 54.5 Å². The highest BCUT2D eigenvalue weighted by molar-refractivity contribution is 8.00. The number of ether oxygens (including phenoxy) is 2. The molecule has 0 aliphatic carbocycles. The molecular formula is C20H19NO6S. The Kier molecular flexibility index (Phi) is 5.32. The van der Waals surface area contributed by atoms with Gasteiger partial charge in [-0.05, 0) is 0 Å². The number of hydrogen-bond donors (Lipinski definition) is 0. The number of carbonyl (C=O) groups excluding carboxylic acids is 4. The van der Waals surface area contributed by atoms with Crippen LogP contribution < -0.4 is 0 Å². The van der Waals surface area contributed by atoms with Crippen LogP contribution in [0.4, 0.5) is 0 Å². The van der Waals surface area contributed by atoms with Crippen LogP contribution in [-0.4, -0.2) is 65.3 Å². The maximum Gasteiger partial charge on any atom is 0.315 e. The van der Waals surface area contributed by atoms with Crippen LogP contribution in [0.3, 0.4) is 0 Å². The van der Waals surface area contributed by atoms with Gasteiger partial charge in [0.2, 0.25) is 11.8 Å². The Morgan fingerprint density at radius 3 is 2.29 bits per heavy atom. The van der Waals surface area contributed by atoms with Crippen molar-refractivity contribution in [2.24, 2.45) is 11.8 Å². The van der Waals surface area contributed by atoms with Crippen LogP contribution in [0.1, 0.15) is 10.4 Å². The first-order chi connectivity index (χ1) is 13.6. The number of rotatable bonds is 8. The van der Waals surface area contributed by atoms with E-state index in [1.807, 2.05) is 18.2 Å². The Labute approximate surface area is 166 Å². The zero-order valence-corrected chi connectivity index (χ0v) is 15.8. The van der Waals surface area contributed by atoms with E-state index >= 15 is 0 Å². The summed E-state index contributed by atoms with van der Waals surface area (Å²) in [5.41, 5.74) is 0.604. The number of ketones is 1. The fourth-order valence-corrected chi connectivity index (χ4v) is 4.52. The van der Waals surface area contributed by atoms with Crippen LogP contribution in [0.15, 0.2) is 42.5 Å². The largest absolute Gasteiger partial charge is 0.463 e. The van der Waals surface area contributed by atoms with Gasteiger partial charge in [0.15, 0.2) is 5.78 Å². The first kappa shape index (κ1) is 18.9. The fraction of sp³-hybridized carbons (Fsp3) is 0.400. The zero-order chi connectivity index (χ0) is 19.7. The normalized spacial score (nSPS) is 27.4. The van der Waals surface area contributed by atoms with E-state index in [2.05, 4.69) is 0 Å². The number of esters is 1. The summed E-state index contributed by atoms with van der Waals surface area (Å²) in [5, 5.41) is 0. The summed E-state index contributed by atoms with van der Waals surface area (Å²) < 4.78 is 10.7. The van der Waals surface area contributed by atoms with E-state index in [9.17, 15) is 19.2 Å². The van der Waals surface area contributed by atoms with Crippen molar-refractivity contribution in [1.29, 1.82) is 0 Å². The number of hydrogen-bond acceptors (Lipinski definition) is 7. The summed E-state index contributed by atoms with van der Waals surface area (Å²) in [6.07, 6.45) is 3.01. The van der Waals surface area contributed by atoms with Gasteiger partial charge in [0.05, 0.1) is 42.1 Å². The maximum absolute atomic E-state index is 12.5. The first-order valence-corrected chi connectivity index (χ1v) is 10.2. The smallest absolute Gasteiger partial charge is 0.315 e. The van der Waals surface area contributed by atoms with E-state index in [1.165, 1.54) is 16.7 Å². The number of Topliss-reactive ketones (excluding diaryl/α,β-unsaturated/α-hetero) is 1. The van der Waals surface area contributed by atoms with Gasteiger partial charge in [0, 0.05) is 5.56 Å². The van der Waals surface area contributed by atoms with E-state index in [0.29, 0.717) is 5.56 Å². The van der Waals surface area contributed by atoms with Gasteiger partial charge < -0.3 is 9.47 Å². The highest BCUT2D eigenvalue weighted by Gasteiger charge is 2.60. The average molecular weight is 401 g/mol. The Bertz CT molecular complexity index is 808. The zero-order valence-electron chi connectivity index (χ0n) is 15.0. The molecule has 0 spiro atoms. The molecule has 2 saturated heterocycles. The standard InChI is InChI=1S/C20H19NO6S/c22-13(12-4-2-1-3-5-12)10-28-11-16(23)26-9-8-21-19(24)17-14-6-7-15(27-14)18(17)20(21)25/h1-7,14-15,17-18H,8-11H2. The second-order valence-corrected chi connectivity index (χ2v) is 7.82. The fourth-order valence-electron chi connectivity index (χ4n) is 3.81. The maximum atomic E-state index is 12.5. The Balaban J connectivity index is 1.18. The van der Waals surface area contributed by atoms with Gasteiger partial charge in [-0.3, -0.25) is 24.1 Å². The number of nitrogens with zero attached hydrogens (tertiary/aromatic N) is 1. The summed E-state index contributed by atoms with van der Waals surface area (Å²) >= 11 is 1.17. The minimum Gasteiger partial charge on any atom is -0.463 e. The number of amides is 2. The lowest BCUT2D eigenvalue weighted by molar-refractivity contribution is -0.148. The molecule has 3 aliphatic rings. The Hall–Kier alpha value is -2.45. The summed E-state index contributed by atoms with van der Waals surface area (Å²) in [6.45, 7) is -0.00395. The van der Waals surface area contributed by atoms with Gasteiger partial charge in [-0.2, -0.15) is 0 Å². The molecule has 0 radical (unpaired) electrons. The quantitative estimate of drug-likeness (QED) is 0.279. The number of imide groups is 1. The van der Waals surface area contributed by atoms with Crippen LogP contribution in [0.2, 0.25) is 0 Å². The van der Waals surface area contributed by atoms with Crippen molar-refractivity contribution < 1.29 is 28.7 Å². The minimum atomic E-state index is -0.477. The molecule has 0 N–H and O–H groups in total. The summed E-state index contributed by atoms with van der Waals surface area (Å²) in [4.78, 5) is 49.9. The third kappa shape index (κ3) is 3.49. The molecule has 3 aliphatic heterocycles. The molecule has 8 heteroatoms. The highest BCUT2D eigenvalue weighted by Crippen LogP contribution is 2.44. The molecule has 1 aromatic carbocycles. The predicted octanol–water partition coefficient (Wildman–Crippen LogP) is 1.08. The van der Waals surface area contributed by atoms with Gasteiger partial charge in [-0.25, -0.2) is 0 Å². The van der Waals surface area contributed by atoms with Crippen LogP contribution >= 0.6 is 11.8 Å². The number of benzene rings is 1. The lowest BCUT2D eigenvalue weighted by atomic mass is 9.85. The van der Waals surface area contributed by atoms with E-state index in [4.69, 9.17) is 9.47 Å². The number of likely N-dealkylation sites (tertiary alicyclic amines) is 1. The predicted molar refractivity (Wildman–Crippen MR) is 101 cm³/mol. The third-order valence-electron chi connectivity index (χ3n) is 5.13. The van der Waals surface area contributed by atoms with Crippen molar-refractivity contribution in [2.75, 3.05) is 24.7 Å². The van der Waals surface area contributed by atoms with Crippen molar-refractivity contribution in [1.82, 2.24) is 4.90 Å². The SMILES string of the molecule is O=C(CSCC(=O)c1ccccc1)OCCN1C(=O)C2C3C=CC(O3)C2C1=O.